The van der Waals surface area contributed by atoms with Crippen LogP contribution in [0.2, 0.25) is 0 Å². The van der Waals surface area contributed by atoms with Crippen LogP contribution in [-0.4, -0.2) is 35.2 Å². The number of para-hydroxylation sites is 1. The van der Waals surface area contributed by atoms with Gasteiger partial charge in [-0.05, 0) is 63.1 Å². The summed E-state index contributed by atoms with van der Waals surface area (Å²) in [5.41, 5.74) is 5.61. The summed E-state index contributed by atoms with van der Waals surface area (Å²) < 4.78 is 15.6. The van der Waals surface area contributed by atoms with Crippen LogP contribution in [0.4, 0.5) is 5.69 Å². The molecule has 220 valence electrons. The highest BCUT2D eigenvalue weighted by Crippen LogP contribution is 2.54. The summed E-state index contributed by atoms with van der Waals surface area (Å²) >= 11 is 0. The molecule has 0 amide bonds. The third kappa shape index (κ3) is 4.66. The molecule has 0 spiro atoms. The second-order valence-electron chi connectivity index (χ2n) is 10.9. The van der Waals surface area contributed by atoms with Crippen LogP contribution in [0.5, 0.6) is 5.75 Å². The average molecular weight is 574 g/mol. The van der Waals surface area contributed by atoms with E-state index in [0.717, 1.165) is 71.5 Å². The number of ether oxygens (including phenoxy) is 2. The minimum absolute atomic E-state index is 0.386. The zero-order valence-corrected chi connectivity index (χ0v) is 25.5. The first-order valence-corrected chi connectivity index (χ1v) is 15.5. The van der Waals surface area contributed by atoms with Crippen LogP contribution in [0.25, 0.3) is 22.2 Å². The number of hydrogen-bond donors (Lipinski definition) is 0. The monoisotopic (exact) mass is 573 g/mol. The number of nitrogens with zero attached hydrogens (tertiary/aromatic N) is 3. The van der Waals surface area contributed by atoms with Crippen molar-refractivity contribution >= 4 is 22.6 Å². The number of aromatic nitrogens is 2. The maximum atomic E-state index is 13.8. The number of pyridine rings is 1. The Morgan fingerprint density at radius 1 is 0.907 bits per heavy atom. The van der Waals surface area contributed by atoms with Gasteiger partial charge in [0.25, 0.3) is 0 Å². The summed E-state index contributed by atoms with van der Waals surface area (Å²) in [5, 5.41) is 1.02. The fourth-order valence-corrected chi connectivity index (χ4v) is 6.50. The minimum atomic E-state index is -1.33. The highest BCUT2D eigenvalue weighted by Gasteiger charge is 2.54. The van der Waals surface area contributed by atoms with Crippen LogP contribution in [-0.2, 0) is 16.9 Å². The molecule has 1 aliphatic rings. The molecule has 3 heterocycles. The van der Waals surface area contributed by atoms with Gasteiger partial charge in [0, 0.05) is 59.6 Å². The van der Waals surface area contributed by atoms with E-state index >= 15 is 0 Å². The Morgan fingerprint density at radius 3 is 2.42 bits per heavy atom. The topological polar surface area (TPSA) is 56.6 Å². The van der Waals surface area contributed by atoms with Crippen LogP contribution in [0.15, 0.2) is 91.1 Å². The van der Waals surface area contributed by atoms with Crippen molar-refractivity contribution in [3.63, 3.8) is 0 Å². The van der Waals surface area contributed by atoms with Gasteiger partial charge in [-0.3, -0.25) is 4.98 Å². The standard InChI is InChI=1S/C37H39N3O3/c1-5-9-24-42-32-25-27(39(6-2)7-3)21-22-30(32)37(35-29(36(41)43-37)19-15-23-38-35)33-28-18-13-14-20-31(28)40(8-4)34(33)26-16-11-10-12-17-26/h10-23,25H,5-9,24H2,1-4H3. The van der Waals surface area contributed by atoms with Crippen molar-refractivity contribution in [1.29, 1.82) is 0 Å². The number of anilines is 1. The first kappa shape index (κ1) is 28.5. The van der Waals surface area contributed by atoms with Gasteiger partial charge in [0.15, 0.2) is 0 Å². The molecular weight excluding hydrogens is 534 g/mol. The van der Waals surface area contributed by atoms with Crippen LogP contribution in [0.1, 0.15) is 67.7 Å². The largest absolute Gasteiger partial charge is 0.493 e. The van der Waals surface area contributed by atoms with E-state index in [1.54, 1.807) is 12.3 Å². The van der Waals surface area contributed by atoms with Gasteiger partial charge in [-0.15, -0.1) is 0 Å². The van der Waals surface area contributed by atoms with E-state index in [9.17, 15) is 4.79 Å². The Bertz CT molecular complexity index is 1760. The molecule has 0 bridgehead atoms. The summed E-state index contributed by atoms with van der Waals surface area (Å²) in [6.45, 7) is 11.7. The number of carbonyl (C=O) groups is 1. The van der Waals surface area contributed by atoms with E-state index in [-0.39, 0.29) is 5.97 Å². The molecule has 3 aromatic carbocycles. The second-order valence-corrected chi connectivity index (χ2v) is 10.9. The zero-order chi connectivity index (χ0) is 30.0. The van der Waals surface area contributed by atoms with E-state index in [0.29, 0.717) is 23.6 Å². The van der Waals surface area contributed by atoms with Gasteiger partial charge >= 0.3 is 5.97 Å². The lowest BCUT2D eigenvalue weighted by Gasteiger charge is -2.33. The highest BCUT2D eigenvalue weighted by atomic mass is 16.6. The quantitative estimate of drug-likeness (QED) is 0.118. The molecule has 0 radical (unpaired) electrons. The van der Waals surface area contributed by atoms with Gasteiger partial charge < -0.3 is 18.9 Å². The molecule has 0 aliphatic carbocycles. The van der Waals surface area contributed by atoms with Crippen molar-refractivity contribution in [2.45, 2.75) is 52.7 Å². The molecule has 1 aliphatic heterocycles. The molecule has 6 nitrogen and oxygen atoms in total. The smallest absolute Gasteiger partial charge is 0.341 e. The molecule has 0 saturated heterocycles. The van der Waals surface area contributed by atoms with Crippen molar-refractivity contribution in [2.75, 3.05) is 24.6 Å². The zero-order valence-electron chi connectivity index (χ0n) is 25.5. The van der Waals surface area contributed by atoms with Crippen LogP contribution >= 0.6 is 0 Å². The highest BCUT2D eigenvalue weighted by molar-refractivity contribution is 6.00. The predicted molar refractivity (Wildman–Crippen MR) is 173 cm³/mol. The summed E-state index contributed by atoms with van der Waals surface area (Å²) in [4.78, 5) is 21.0. The van der Waals surface area contributed by atoms with Crippen LogP contribution in [0, 0.1) is 0 Å². The number of aryl methyl sites for hydroxylation is 1. The van der Waals surface area contributed by atoms with E-state index < -0.39 is 5.60 Å². The number of unbranched alkanes of at least 4 members (excludes halogenated alkanes) is 1. The van der Waals surface area contributed by atoms with Crippen LogP contribution in [0.3, 0.4) is 0 Å². The molecular formula is C37H39N3O3. The van der Waals surface area contributed by atoms with Gasteiger partial charge in [-0.25, -0.2) is 4.79 Å². The van der Waals surface area contributed by atoms with Crippen molar-refractivity contribution < 1.29 is 14.3 Å². The Morgan fingerprint density at radius 2 is 1.67 bits per heavy atom. The van der Waals surface area contributed by atoms with Crippen molar-refractivity contribution in [3.8, 4) is 17.0 Å². The molecule has 2 aromatic heterocycles. The first-order valence-electron chi connectivity index (χ1n) is 15.5. The Hall–Kier alpha value is -4.58. The summed E-state index contributed by atoms with van der Waals surface area (Å²) in [6.07, 6.45) is 3.68. The Labute approximate surface area is 253 Å². The lowest BCUT2D eigenvalue weighted by atomic mass is 9.79. The second kappa shape index (κ2) is 12.0. The fraction of sp³-hybridized carbons (Fsp3) is 0.297. The van der Waals surface area contributed by atoms with Crippen LogP contribution < -0.4 is 9.64 Å². The molecule has 0 saturated carbocycles. The first-order chi connectivity index (χ1) is 21.1. The van der Waals surface area contributed by atoms with E-state index in [2.05, 4.69) is 97.8 Å². The molecule has 0 N–H and O–H groups in total. The number of cyclic esters (lactones) is 1. The van der Waals surface area contributed by atoms with Gasteiger partial charge in [-0.1, -0.05) is 61.9 Å². The number of hydrogen-bond acceptors (Lipinski definition) is 5. The normalized spacial score (nSPS) is 15.9. The maximum absolute atomic E-state index is 13.8. The Balaban J connectivity index is 1.76. The number of rotatable bonds is 11. The maximum Gasteiger partial charge on any atom is 0.341 e. The number of fused-ring (bicyclic) bond motifs is 2. The minimum Gasteiger partial charge on any atom is -0.493 e. The Kier molecular flexibility index (Phi) is 7.94. The summed E-state index contributed by atoms with van der Waals surface area (Å²) in [7, 11) is 0. The molecule has 43 heavy (non-hydrogen) atoms. The molecule has 6 rings (SSSR count). The number of esters is 1. The van der Waals surface area contributed by atoms with E-state index in [1.165, 1.54) is 0 Å². The fourth-order valence-electron chi connectivity index (χ4n) is 6.50. The van der Waals surface area contributed by atoms with Gasteiger partial charge in [0.2, 0.25) is 5.60 Å². The third-order valence-electron chi connectivity index (χ3n) is 8.52. The summed E-state index contributed by atoms with van der Waals surface area (Å²) in [5.74, 6) is 0.319. The van der Waals surface area contributed by atoms with E-state index in [1.807, 2.05) is 18.2 Å². The third-order valence-corrected chi connectivity index (χ3v) is 8.52. The van der Waals surface area contributed by atoms with Gasteiger partial charge in [0.05, 0.1) is 17.9 Å². The van der Waals surface area contributed by atoms with Crippen molar-refractivity contribution in [2.24, 2.45) is 0 Å². The molecule has 1 unspecified atom stereocenters. The molecule has 0 fully saturated rings. The molecule has 6 heteroatoms. The molecule has 5 aromatic rings. The molecule has 1 atom stereocenters. The lowest BCUT2D eigenvalue weighted by Crippen LogP contribution is -2.32. The van der Waals surface area contributed by atoms with Gasteiger partial charge in [-0.2, -0.15) is 0 Å². The van der Waals surface area contributed by atoms with E-state index in [4.69, 9.17) is 14.5 Å². The number of carbonyl (C=O) groups excluding carboxylic acids is 1. The van der Waals surface area contributed by atoms with Crippen molar-refractivity contribution in [1.82, 2.24) is 9.55 Å². The summed E-state index contributed by atoms with van der Waals surface area (Å²) in [6, 6.07) is 28.7. The number of benzene rings is 3. The predicted octanol–water partition coefficient (Wildman–Crippen LogP) is 8.21. The SMILES string of the molecule is CCCCOc1cc(N(CC)CC)ccc1C1(c2c(-c3ccccc3)n(CC)c3ccccc23)OC(=O)c2cccnc21. The van der Waals surface area contributed by atoms with Gasteiger partial charge in [0.1, 0.15) is 11.4 Å². The average Bonchev–Trinajstić information content (AvgIpc) is 3.55. The lowest BCUT2D eigenvalue weighted by molar-refractivity contribution is 0.0241. The van der Waals surface area contributed by atoms with Crippen molar-refractivity contribution in [3.05, 3.63) is 114 Å².